The summed E-state index contributed by atoms with van der Waals surface area (Å²) in [4.78, 5) is 17.8. The molecule has 1 amide bonds. The zero-order valence-corrected chi connectivity index (χ0v) is 17.1. The van der Waals surface area contributed by atoms with Gasteiger partial charge in [0.15, 0.2) is 10.8 Å². The number of hydrogen-bond acceptors (Lipinski definition) is 5. The topological polar surface area (TPSA) is 69.0 Å². The highest BCUT2D eigenvalue weighted by atomic mass is 35.5. The summed E-state index contributed by atoms with van der Waals surface area (Å²) in [5.41, 5.74) is 2.17. The van der Waals surface area contributed by atoms with Crippen molar-refractivity contribution < 1.29 is 9.53 Å². The van der Waals surface area contributed by atoms with Crippen LogP contribution in [0.25, 0.3) is 5.69 Å². The third kappa shape index (κ3) is 4.47. The Morgan fingerprint density at radius 1 is 1.17 bits per heavy atom. The highest BCUT2D eigenvalue weighted by molar-refractivity contribution is 7.15. The van der Waals surface area contributed by atoms with Gasteiger partial charge < -0.3 is 4.74 Å². The maximum Gasteiger partial charge on any atom is 0.277 e. The number of nitrogens with one attached hydrogen (secondary N) is 1. The molecule has 0 atom stereocenters. The van der Waals surface area contributed by atoms with Crippen LogP contribution in [-0.4, -0.2) is 27.8 Å². The van der Waals surface area contributed by atoms with Gasteiger partial charge >= 0.3 is 0 Å². The van der Waals surface area contributed by atoms with E-state index in [4.69, 9.17) is 16.3 Å². The third-order valence-electron chi connectivity index (χ3n) is 4.26. The monoisotopic (exact) mass is 424 g/mol. The first-order valence-electron chi connectivity index (χ1n) is 8.82. The molecule has 0 saturated carbocycles. The Morgan fingerprint density at radius 3 is 2.72 bits per heavy atom. The number of halogens is 1. The van der Waals surface area contributed by atoms with E-state index in [1.807, 2.05) is 48.5 Å². The lowest BCUT2D eigenvalue weighted by Gasteiger charge is -2.03. The number of thiazole rings is 1. The van der Waals surface area contributed by atoms with E-state index < -0.39 is 0 Å². The summed E-state index contributed by atoms with van der Waals surface area (Å²) in [6.07, 6.45) is 4.15. The van der Waals surface area contributed by atoms with Gasteiger partial charge in [-0.25, -0.2) is 9.67 Å². The average Bonchev–Trinajstić information content (AvgIpc) is 3.40. The fourth-order valence-electron chi connectivity index (χ4n) is 2.76. The standard InChI is InChI=1S/C21H17ClN4O2S/c1-28-16-8-6-15(7-9-16)26-11-10-19(25-26)20(27)24-21-23-13-17(29-21)12-14-4-2-3-5-18(14)22/h2-11,13H,12H2,1H3,(H,23,24,27). The molecule has 0 radical (unpaired) electrons. The van der Waals surface area contributed by atoms with E-state index in [2.05, 4.69) is 15.4 Å². The quantitative estimate of drug-likeness (QED) is 0.481. The number of anilines is 1. The minimum Gasteiger partial charge on any atom is -0.497 e. The van der Waals surface area contributed by atoms with E-state index in [9.17, 15) is 4.79 Å². The number of carbonyl (C=O) groups excluding carboxylic acids is 1. The van der Waals surface area contributed by atoms with Gasteiger partial charge in [-0.1, -0.05) is 29.8 Å². The number of ether oxygens (including phenoxy) is 1. The van der Waals surface area contributed by atoms with E-state index in [-0.39, 0.29) is 5.91 Å². The first-order chi connectivity index (χ1) is 14.1. The van der Waals surface area contributed by atoms with Gasteiger partial charge in [0, 0.05) is 28.7 Å². The van der Waals surface area contributed by atoms with Gasteiger partial charge in [-0.3, -0.25) is 10.1 Å². The molecule has 4 rings (SSSR count). The molecular formula is C21H17ClN4O2S. The number of methoxy groups -OCH3 is 1. The summed E-state index contributed by atoms with van der Waals surface area (Å²) < 4.78 is 6.79. The highest BCUT2D eigenvalue weighted by Crippen LogP contribution is 2.25. The number of amides is 1. The van der Waals surface area contributed by atoms with Crippen LogP contribution in [0.1, 0.15) is 20.9 Å². The van der Waals surface area contributed by atoms with Gasteiger partial charge in [-0.15, -0.1) is 11.3 Å². The zero-order valence-electron chi connectivity index (χ0n) is 15.5. The van der Waals surface area contributed by atoms with Crippen molar-refractivity contribution in [2.75, 3.05) is 12.4 Å². The predicted octanol–water partition coefficient (Wildman–Crippen LogP) is 4.83. The van der Waals surface area contributed by atoms with E-state index in [1.54, 1.807) is 30.3 Å². The van der Waals surface area contributed by atoms with Crippen LogP contribution < -0.4 is 10.1 Å². The van der Waals surface area contributed by atoms with Crippen molar-refractivity contribution in [1.29, 1.82) is 0 Å². The lowest BCUT2D eigenvalue weighted by molar-refractivity contribution is 0.102. The second-order valence-electron chi connectivity index (χ2n) is 6.20. The lowest BCUT2D eigenvalue weighted by atomic mass is 10.1. The van der Waals surface area contributed by atoms with Crippen LogP contribution in [0.3, 0.4) is 0 Å². The summed E-state index contributed by atoms with van der Waals surface area (Å²) in [6.45, 7) is 0. The SMILES string of the molecule is COc1ccc(-n2ccc(C(=O)Nc3ncc(Cc4ccccc4Cl)s3)n2)cc1. The molecule has 146 valence electrons. The predicted molar refractivity (Wildman–Crippen MR) is 114 cm³/mol. The van der Waals surface area contributed by atoms with Gasteiger partial charge in [0.25, 0.3) is 5.91 Å². The Labute approximate surface area is 176 Å². The first kappa shape index (κ1) is 19.2. The van der Waals surface area contributed by atoms with Crippen LogP contribution >= 0.6 is 22.9 Å². The van der Waals surface area contributed by atoms with Crippen molar-refractivity contribution in [1.82, 2.24) is 14.8 Å². The molecule has 0 saturated heterocycles. The van der Waals surface area contributed by atoms with Crippen LogP contribution in [0.5, 0.6) is 5.75 Å². The summed E-state index contributed by atoms with van der Waals surface area (Å²) in [6, 6.07) is 16.8. The second-order valence-corrected chi connectivity index (χ2v) is 7.72. The Balaban J connectivity index is 1.43. The molecule has 0 aliphatic carbocycles. The van der Waals surface area contributed by atoms with Crippen molar-refractivity contribution in [3.63, 3.8) is 0 Å². The zero-order chi connectivity index (χ0) is 20.2. The van der Waals surface area contributed by atoms with Crippen molar-refractivity contribution >= 4 is 34.0 Å². The van der Waals surface area contributed by atoms with Crippen molar-refractivity contribution in [2.24, 2.45) is 0 Å². The van der Waals surface area contributed by atoms with Crippen molar-refractivity contribution in [3.8, 4) is 11.4 Å². The normalized spacial score (nSPS) is 10.7. The first-order valence-corrected chi connectivity index (χ1v) is 10.0. The number of aromatic nitrogens is 3. The van der Waals surface area contributed by atoms with E-state index >= 15 is 0 Å². The van der Waals surface area contributed by atoms with Crippen molar-refractivity contribution in [3.05, 3.63) is 88.1 Å². The van der Waals surface area contributed by atoms with Gasteiger partial charge in [0.2, 0.25) is 0 Å². The maximum absolute atomic E-state index is 12.5. The molecule has 0 aliphatic rings. The summed E-state index contributed by atoms with van der Waals surface area (Å²) in [5, 5.41) is 8.39. The maximum atomic E-state index is 12.5. The van der Waals surface area contributed by atoms with Crippen LogP contribution in [0, 0.1) is 0 Å². The molecule has 2 aromatic carbocycles. The molecule has 2 heterocycles. The molecule has 0 fully saturated rings. The molecule has 8 heteroatoms. The lowest BCUT2D eigenvalue weighted by Crippen LogP contribution is -2.12. The third-order valence-corrected chi connectivity index (χ3v) is 5.54. The van der Waals surface area contributed by atoms with Crippen LogP contribution in [0.2, 0.25) is 5.02 Å². The smallest absolute Gasteiger partial charge is 0.277 e. The Kier molecular flexibility index (Phi) is 5.59. The van der Waals surface area contributed by atoms with E-state index in [1.165, 1.54) is 11.3 Å². The Hall–Kier alpha value is -3.16. The minimum absolute atomic E-state index is 0.309. The minimum atomic E-state index is -0.309. The molecule has 1 N–H and O–H groups in total. The largest absolute Gasteiger partial charge is 0.497 e. The molecule has 2 aromatic heterocycles. The number of benzene rings is 2. The molecule has 0 aliphatic heterocycles. The van der Waals surface area contributed by atoms with Crippen molar-refractivity contribution in [2.45, 2.75) is 6.42 Å². The van der Waals surface area contributed by atoms with E-state index in [0.29, 0.717) is 17.2 Å². The fraction of sp³-hybridized carbons (Fsp3) is 0.0952. The second kappa shape index (κ2) is 8.46. The number of nitrogens with zero attached hydrogens (tertiary/aromatic N) is 3. The molecular weight excluding hydrogens is 408 g/mol. The molecule has 6 nitrogen and oxygen atoms in total. The number of carbonyl (C=O) groups is 1. The number of hydrogen-bond donors (Lipinski definition) is 1. The van der Waals surface area contributed by atoms with Crippen LogP contribution in [0.15, 0.2) is 67.0 Å². The van der Waals surface area contributed by atoms with Gasteiger partial charge in [0.1, 0.15) is 5.75 Å². The molecule has 0 unspecified atom stereocenters. The molecule has 0 spiro atoms. The van der Waals surface area contributed by atoms with Crippen LogP contribution in [0.4, 0.5) is 5.13 Å². The molecule has 4 aromatic rings. The highest BCUT2D eigenvalue weighted by Gasteiger charge is 2.13. The Bertz CT molecular complexity index is 1140. The Morgan fingerprint density at radius 2 is 1.97 bits per heavy atom. The average molecular weight is 425 g/mol. The van der Waals surface area contributed by atoms with Gasteiger partial charge in [0.05, 0.1) is 12.8 Å². The van der Waals surface area contributed by atoms with Gasteiger partial charge in [-0.05, 0) is 42.0 Å². The van der Waals surface area contributed by atoms with Crippen LogP contribution in [-0.2, 0) is 6.42 Å². The number of rotatable bonds is 6. The summed E-state index contributed by atoms with van der Waals surface area (Å²) in [5.74, 6) is 0.450. The van der Waals surface area contributed by atoms with E-state index in [0.717, 1.165) is 26.9 Å². The molecule has 29 heavy (non-hydrogen) atoms. The summed E-state index contributed by atoms with van der Waals surface area (Å²) >= 11 is 7.63. The fourth-order valence-corrected chi connectivity index (χ4v) is 3.79. The molecule has 0 bridgehead atoms. The summed E-state index contributed by atoms with van der Waals surface area (Å²) in [7, 11) is 1.61. The van der Waals surface area contributed by atoms with Gasteiger partial charge in [-0.2, -0.15) is 5.10 Å².